The summed E-state index contributed by atoms with van der Waals surface area (Å²) in [5.74, 6) is 0.647. The van der Waals surface area contributed by atoms with Crippen LogP contribution in [0.5, 0.6) is 0 Å². The van der Waals surface area contributed by atoms with Gasteiger partial charge >= 0.3 is 0 Å². The third kappa shape index (κ3) is 3.79. The Morgan fingerprint density at radius 3 is 2.33 bits per heavy atom. The number of aromatic amines is 1. The molecule has 0 bridgehead atoms. The lowest BCUT2D eigenvalue weighted by Gasteiger charge is -2.26. The minimum atomic E-state index is -3.39. The van der Waals surface area contributed by atoms with Gasteiger partial charge in [-0.25, -0.2) is 4.98 Å². The third-order valence-electron chi connectivity index (χ3n) is 2.59. The summed E-state index contributed by atoms with van der Waals surface area (Å²) in [6.07, 6.45) is 4.93. The number of nitrogens with zero attached hydrogens (tertiary/aromatic N) is 3. The first kappa shape index (κ1) is 15.1. The maximum atomic E-state index is 12.3. The Labute approximate surface area is 109 Å². The molecule has 0 aromatic carbocycles. The molecule has 7 heteroatoms. The minimum Gasteiger partial charge on any atom is -0.347 e. The van der Waals surface area contributed by atoms with E-state index >= 15 is 0 Å². The molecular weight excluding hydrogens is 252 g/mol. The molecule has 18 heavy (non-hydrogen) atoms. The van der Waals surface area contributed by atoms with Crippen molar-refractivity contribution in [2.45, 2.75) is 33.2 Å². The number of aromatic nitrogens is 2. The molecule has 0 radical (unpaired) electrons. The van der Waals surface area contributed by atoms with E-state index in [4.69, 9.17) is 0 Å². The lowest BCUT2D eigenvalue weighted by atomic mass is 10.4. The van der Waals surface area contributed by atoms with E-state index in [1.165, 1.54) is 8.61 Å². The number of imidazole rings is 1. The molecule has 1 N–H and O–H groups in total. The van der Waals surface area contributed by atoms with E-state index in [9.17, 15) is 8.42 Å². The zero-order chi connectivity index (χ0) is 13.6. The van der Waals surface area contributed by atoms with Crippen LogP contribution in [-0.2, 0) is 16.8 Å². The van der Waals surface area contributed by atoms with Gasteiger partial charge in [0.05, 0.1) is 6.54 Å². The molecule has 6 nitrogen and oxygen atoms in total. The van der Waals surface area contributed by atoms with Crippen LogP contribution in [0.2, 0.25) is 0 Å². The van der Waals surface area contributed by atoms with Crippen LogP contribution in [0.15, 0.2) is 12.4 Å². The molecule has 0 aliphatic heterocycles. The van der Waals surface area contributed by atoms with Crippen LogP contribution >= 0.6 is 0 Å². The van der Waals surface area contributed by atoms with Crippen molar-refractivity contribution < 1.29 is 8.42 Å². The summed E-state index contributed by atoms with van der Waals surface area (Å²) in [4.78, 5) is 6.95. The Bertz CT molecular complexity index is 424. The Hall–Kier alpha value is -0.920. The molecule has 0 saturated heterocycles. The van der Waals surface area contributed by atoms with E-state index in [0.29, 0.717) is 18.9 Å². The van der Waals surface area contributed by atoms with E-state index < -0.39 is 10.2 Å². The quantitative estimate of drug-likeness (QED) is 0.774. The Morgan fingerprint density at radius 1 is 1.28 bits per heavy atom. The Kier molecular flexibility index (Phi) is 5.77. The van der Waals surface area contributed by atoms with Crippen molar-refractivity contribution in [3.8, 4) is 0 Å². The van der Waals surface area contributed by atoms with Gasteiger partial charge in [0, 0.05) is 32.5 Å². The smallest absolute Gasteiger partial charge is 0.282 e. The summed E-state index contributed by atoms with van der Waals surface area (Å²) in [5.41, 5.74) is 0. The van der Waals surface area contributed by atoms with Crippen LogP contribution in [0.1, 0.15) is 32.5 Å². The molecule has 0 spiro atoms. The first-order valence-electron chi connectivity index (χ1n) is 6.22. The molecule has 0 aliphatic carbocycles. The second-order valence-corrected chi connectivity index (χ2v) is 6.23. The summed E-state index contributed by atoms with van der Waals surface area (Å²) < 4.78 is 27.5. The molecule has 0 saturated carbocycles. The second kappa shape index (κ2) is 6.86. The van der Waals surface area contributed by atoms with Crippen molar-refractivity contribution in [1.82, 2.24) is 18.6 Å². The third-order valence-corrected chi connectivity index (χ3v) is 4.53. The largest absolute Gasteiger partial charge is 0.347 e. The standard InChI is InChI=1S/C11H22N4O2S/c1-4-8-15(9-5-2)18(16,17)14(3)10-11-12-6-7-13-11/h6-7H,4-5,8-10H2,1-3H3,(H,12,13). The van der Waals surface area contributed by atoms with Gasteiger partial charge in [0.1, 0.15) is 5.82 Å². The number of hydrogen-bond acceptors (Lipinski definition) is 3. The average Bonchev–Trinajstić information content (AvgIpc) is 2.81. The van der Waals surface area contributed by atoms with Crippen molar-refractivity contribution in [2.75, 3.05) is 20.1 Å². The number of hydrogen-bond donors (Lipinski definition) is 1. The highest BCUT2D eigenvalue weighted by Crippen LogP contribution is 2.10. The molecule has 1 heterocycles. The molecule has 1 aromatic rings. The SMILES string of the molecule is CCCN(CCC)S(=O)(=O)N(C)Cc1ncc[nH]1. The lowest BCUT2D eigenvalue weighted by Crippen LogP contribution is -2.42. The van der Waals surface area contributed by atoms with E-state index in [1.807, 2.05) is 13.8 Å². The highest BCUT2D eigenvalue weighted by molar-refractivity contribution is 7.86. The van der Waals surface area contributed by atoms with Gasteiger partial charge in [0.25, 0.3) is 10.2 Å². The zero-order valence-electron chi connectivity index (χ0n) is 11.3. The molecule has 104 valence electrons. The fourth-order valence-electron chi connectivity index (χ4n) is 1.72. The number of rotatable bonds is 8. The van der Waals surface area contributed by atoms with Gasteiger partial charge in [-0.2, -0.15) is 17.0 Å². The zero-order valence-corrected chi connectivity index (χ0v) is 12.1. The Morgan fingerprint density at radius 2 is 1.89 bits per heavy atom. The van der Waals surface area contributed by atoms with E-state index in [2.05, 4.69) is 9.97 Å². The topological polar surface area (TPSA) is 69.3 Å². The van der Waals surface area contributed by atoms with Crippen molar-refractivity contribution >= 4 is 10.2 Å². The van der Waals surface area contributed by atoms with E-state index in [-0.39, 0.29) is 6.54 Å². The van der Waals surface area contributed by atoms with Crippen molar-refractivity contribution in [3.63, 3.8) is 0 Å². The summed E-state index contributed by atoms with van der Waals surface area (Å²) in [5, 5.41) is 0. The van der Waals surface area contributed by atoms with Crippen LogP contribution in [-0.4, -0.2) is 47.1 Å². The minimum absolute atomic E-state index is 0.263. The van der Waals surface area contributed by atoms with Gasteiger partial charge < -0.3 is 4.98 Å². The van der Waals surface area contributed by atoms with Crippen molar-refractivity contribution in [1.29, 1.82) is 0 Å². The highest BCUT2D eigenvalue weighted by Gasteiger charge is 2.26. The lowest BCUT2D eigenvalue weighted by molar-refractivity contribution is 0.352. The van der Waals surface area contributed by atoms with E-state index in [0.717, 1.165) is 12.8 Å². The summed E-state index contributed by atoms with van der Waals surface area (Å²) in [6.45, 7) is 5.33. The van der Waals surface area contributed by atoms with Crippen molar-refractivity contribution in [2.24, 2.45) is 0 Å². The predicted octanol–water partition coefficient (Wildman–Crippen LogP) is 1.21. The van der Waals surface area contributed by atoms with Gasteiger partial charge in [0.15, 0.2) is 0 Å². The average molecular weight is 274 g/mol. The van der Waals surface area contributed by atoms with Crippen LogP contribution in [0.3, 0.4) is 0 Å². The maximum Gasteiger partial charge on any atom is 0.282 e. The fraction of sp³-hybridized carbons (Fsp3) is 0.727. The normalized spacial score (nSPS) is 12.5. The molecule has 0 amide bonds. The summed E-state index contributed by atoms with van der Waals surface area (Å²) >= 11 is 0. The second-order valence-electron chi connectivity index (χ2n) is 4.20. The Balaban J connectivity index is 2.76. The van der Waals surface area contributed by atoms with Gasteiger partial charge in [-0.3, -0.25) is 0 Å². The van der Waals surface area contributed by atoms with E-state index in [1.54, 1.807) is 19.4 Å². The predicted molar refractivity (Wildman–Crippen MR) is 71.1 cm³/mol. The van der Waals surface area contributed by atoms with Crippen LogP contribution in [0.25, 0.3) is 0 Å². The van der Waals surface area contributed by atoms with Crippen LogP contribution in [0, 0.1) is 0 Å². The van der Waals surface area contributed by atoms with Gasteiger partial charge in [-0.1, -0.05) is 13.8 Å². The first-order chi connectivity index (χ1) is 8.52. The molecule has 0 atom stereocenters. The number of H-pyrrole nitrogens is 1. The summed E-state index contributed by atoms with van der Waals surface area (Å²) in [7, 11) is -1.82. The van der Waals surface area contributed by atoms with Crippen LogP contribution in [0.4, 0.5) is 0 Å². The van der Waals surface area contributed by atoms with Crippen LogP contribution < -0.4 is 0 Å². The number of nitrogens with one attached hydrogen (secondary N) is 1. The maximum absolute atomic E-state index is 12.3. The molecule has 1 rings (SSSR count). The molecule has 1 aromatic heterocycles. The molecule has 0 fully saturated rings. The van der Waals surface area contributed by atoms with Gasteiger partial charge in [0.2, 0.25) is 0 Å². The molecular formula is C11H22N4O2S. The fourth-order valence-corrected chi connectivity index (χ4v) is 3.22. The molecule has 0 aliphatic rings. The molecule has 0 unspecified atom stereocenters. The first-order valence-corrected chi connectivity index (χ1v) is 7.61. The monoisotopic (exact) mass is 274 g/mol. The van der Waals surface area contributed by atoms with Gasteiger partial charge in [-0.15, -0.1) is 0 Å². The van der Waals surface area contributed by atoms with Crippen molar-refractivity contribution in [3.05, 3.63) is 18.2 Å². The van der Waals surface area contributed by atoms with Gasteiger partial charge in [-0.05, 0) is 12.8 Å². The summed E-state index contributed by atoms with van der Waals surface area (Å²) in [6, 6.07) is 0. The highest BCUT2D eigenvalue weighted by atomic mass is 32.2.